The number of aromatic nitrogens is 3. The maximum absolute atomic E-state index is 5.65. The highest BCUT2D eigenvalue weighted by molar-refractivity contribution is 7.99. The van der Waals surface area contributed by atoms with E-state index in [0.717, 1.165) is 40.8 Å². The van der Waals surface area contributed by atoms with Gasteiger partial charge >= 0.3 is 0 Å². The number of hydrogen-bond acceptors (Lipinski definition) is 5. The van der Waals surface area contributed by atoms with Crippen LogP contribution in [0, 0.1) is 0 Å². The summed E-state index contributed by atoms with van der Waals surface area (Å²) in [7, 11) is 0. The summed E-state index contributed by atoms with van der Waals surface area (Å²) in [6, 6.07) is 3.92. The fraction of sp³-hybridized carbons (Fsp3) is 0.364. The molecule has 0 aliphatic carbocycles. The lowest BCUT2D eigenvalue weighted by Gasteiger charge is -2.00. The highest BCUT2D eigenvalue weighted by Gasteiger charge is 2.10. The number of unbranched alkanes of at least 4 members (excludes halogenated alkanes) is 1. The molecule has 6 heteroatoms. The topological polar surface area (TPSA) is 38.7 Å². The average Bonchev–Trinajstić information content (AvgIpc) is 2.84. The molecule has 0 unspecified atom stereocenters. The normalized spacial score (nSPS) is 10.6. The maximum Gasteiger partial charge on any atom is 0.138 e. The van der Waals surface area contributed by atoms with Crippen LogP contribution in [-0.2, 0) is 0 Å². The first-order chi connectivity index (χ1) is 8.42. The van der Waals surface area contributed by atoms with Crippen molar-refractivity contribution in [2.45, 2.75) is 17.9 Å². The quantitative estimate of drug-likeness (QED) is 0.461. The molecule has 0 radical (unpaired) electrons. The van der Waals surface area contributed by atoms with Gasteiger partial charge in [-0.1, -0.05) is 0 Å². The van der Waals surface area contributed by atoms with Crippen LogP contribution in [0.2, 0.25) is 0 Å². The minimum absolute atomic E-state index is 0.728. The van der Waals surface area contributed by atoms with Crippen LogP contribution >= 0.6 is 35.1 Å². The van der Waals surface area contributed by atoms with Crippen molar-refractivity contribution in [3.05, 3.63) is 24.5 Å². The minimum atomic E-state index is 0.728. The summed E-state index contributed by atoms with van der Waals surface area (Å²) in [5.41, 5.74) is 1.97. The smallest absolute Gasteiger partial charge is 0.138 e. The third-order valence-corrected chi connectivity index (χ3v) is 4.12. The Morgan fingerprint density at radius 1 is 1.29 bits per heavy atom. The molecule has 90 valence electrons. The zero-order valence-electron chi connectivity index (χ0n) is 9.17. The van der Waals surface area contributed by atoms with Crippen molar-refractivity contribution in [1.82, 2.24) is 13.7 Å². The van der Waals surface area contributed by atoms with Crippen LogP contribution in [0.25, 0.3) is 11.3 Å². The van der Waals surface area contributed by atoms with E-state index in [9.17, 15) is 0 Å². The first kappa shape index (κ1) is 12.8. The van der Waals surface area contributed by atoms with E-state index < -0.39 is 0 Å². The summed E-state index contributed by atoms with van der Waals surface area (Å²) in [5.74, 6) is 1.76. The first-order valence-corrected chi connectivity index (χ1v) is 7.58. The first-order valence-electron chi connectivity index (χ1n) is 5.33. The third kappa shape index (κ3) is 3.66. The van der Waals surface area contributed by atoms with Crippen LogP contribution in [0.1, 0.15) is 12.8 Å². The van der Waals surface area contributed by atoms with Gasteiger partial charge in [-0.3, -0.25) is 4.98 Å². The number of thioether (sulfide) groups is 1. The molecule has 0 aliphatic rings. The van der Waals surface area contributed by atoms with Gasteiger partial charge in [0.2, 0.25) is 0 Å². The van der Waals surface area contributed by atoms with E-state index in [1.807, 2.05) is 18.3 Å². The van der Waals surface area contributed by atoms with Gasteiger partial charge in [-0.25, -0.2) is 0 Å². The Labute approximate surface area is 114 Å². The molecule has 0 bridgehead atoms. The zero-order valence-corrected chi connectivity index (χ0v) is 11.6. The molecule has 0 N–H and O–H groups in total. The Morgan fingerprint density at radius 2 is 2.24 bits per heavy atom. The summed E-state index contributed by atoms with van der Waals surface area (Å²) in [4.78, 5) is 4.10. The molecule has 17 heavy (non-hydrogen) atoms. The van der Waals surface area contributed by atoms with Gasteiger partial charge in [0.25, 0.3) is 0 Å². The molecule has 2 heterocycles. The number of alkyl halides is 1. The average molecular weight is 286 g/mol. The van der Waals surface area contributed by atoms with E-state index in [2.05, 4.69) is 13.7 Å². The fourth-order valence-electron chi connectivity index (χ4n) is 1.32. The van der Waals surface area contributed by atoms with Crippen molar-refractivity contribution < 1.29 is 0 Å². The molecule has 0 amide bonds. The van der Waals surface area contributed by atoms with Crippen LogP contribution in [0.15, 0.2) is 29.6 Å². The lowest BCUT2D eigenvalue weighted by Crippen LogP contribution is -1.85. The molecule has 2 aromatic heterocycles. The third-order valence-electron chi connectivity index (χ3n) is 2.16. The monoisotopic (exact) mass is 285 g/mol. The molecular formula is C11H12ClN3S2. The number of halogens is 1. The predicted octanol–water partition coefficient (Wildman–Crippen LogP) is 3.71. The molecule has 0 atom stereocenters. The highest BCUT2D eigenvalue weighted by atomic mass is 35.5. The highest BCUT2D eigenvalue weighted by Crippen LogP contribution is 2.29. The van der Waals surface area contributed by atoms with E-state index in [0.29, 0.717) is 0 Å². The van der Waals surface area contributed by atoms with Crippen molar-refractivity contribution in [3.63, 3.8) is 0 Å². The maximum atomic E-state index is 5.65. The van der Waals surface area contributed by atoms with Crippen molar-refractivity contribution in [2.75, 3.05) is 11.6 Å². The van der Waals surface area contributed by atoms with Crippen molar-refractivity contribution in [3.8, 4) is 11.3 Å². The van der Waals surface area contributed by atoms with Gasteiger partial charge in [0.15, 0.2) is 0 Å². The molecule has 2 aromatic rings. The molecule has 3 nitrogen and oxygen atoms in total. The zero-order chi connectivity index (χ0) is 11.9. The van der Waals surface area contributed by atoms with E-state index in [4.69, 9.17) is 11.6 Å². The molecule has 0 fully saturated rings. The molecule has 2 rings (SSSR count). The molecule has 0 saturated carbocycles. The predicted molar refractivity (Wildman–Crippen MR) is 73.8 cm³/mol. The summed E-state index contributed by atoms with van der Waals surface area (Å²) in [6.45, 7) is 0. The van der Waals surface area contributed by atoms with E-state index in [1.165, 1.54) is 11.7 Å². The lowest BCUT2D eigenvalue weighted by molar-refractivity contribution is 0.902. The van der Waals surface area contributed by atoms with Gasteiger partial charge in [0, 0.05) is 23.8 Å². The summed E-state index contributed by atoms with van der Waals surface area (Å²) in [6.07, 6.45) is 5.74. The molecular weight excluding hydrogens is 274 g/mol. The Balaban J connectivity index is 2.02. The number of pyridine rings is 1. The number of nitrogens with zero attached hydrogens (tertiary/aromatic N) is 3. The van der Waals surface area contributed by atoms with Gasteiger partial charge in [-0.2, -0.15) is 8.75 Å². The number of hydrogen-bond donors (Lipinski definition) is 0. The van der Waals surface area contributed by atoms with E-state index in [1.54, 1.807) is 18.0 Å². The van der Waals surface area contributed by atoms with Crippen molar-refractivity contribution in [2.24, 2.45) is 0 Å². The second kappa shape index (κ2) is 6.93. The van der Waals surface area contributed by atoms with E-state index >= 15 is 0 Å². The minimum Gasteiger partial charge on any atom is -0.264 e. The summed E-state index contributed by atoms with van der Waals surface area (Å²) in [5, 5.41) is 0.998. The van der Waals surface area contributed by atoms with Crippen LogP contribution in [0.5, 0.6) is 0 Å². The van der Waals surface area contributed by atoms with Crippen molar-refractivity contribution >= 4 is 35.1 Å². The fourth-order valence-corrected chi connectivity index (χ4v) is 3.19. The summed E-state index contributed by atoms with van der Waals surface area (Å²) < 4.78 is 8.65. The second-order valence-corrected chi connectivity index (χ2v) is 5.39. The van der Waals surface area contributed by atoms with Crippen LogP contribution in [0.4, 0.5) is 0 Å². The molecule has 0 spiro atoms. The van der Waals surface area contributed by atoms with Gasteiger partial charge in [-0.05, 0) is 30.7 Å². The van der Waals surface area contributed by atoms with Gasteiger partial charge in [0.1, 0.15) is 10.7 Å². The van der Waals surface area contributed by atoms with Crippen LogP contribution in [0.3, 0.4) is 0 Å². The Morgan fingerprint density at radius 3 is 3.00 bits per heavy atom. The van der Waals surface area contributed by atoms with Crippen LogP contribution in [-0.4, -0.2) is 25.4 Å². The van der Waals surface area contributed by atoms with Gasteiger partial charge in [0.05, 0.1) is 11.7 Å². The lowest BCUT2D eigenvalue weighted by atomic mass is 10.2. The van der Waals surface area contributed by atoms with Crippen LogP contribution < -0.4 is 0 Å². The second-order valence-electron chi connectivity index (χ2n) is 3.40. The van der Waals surface area contributed by atoms with Gasteiger partial charge in [-0.15, -0.1) is 23.4 Å². The standard InChI is InChI=1S/C11H12ClN3S2/c12-5-1-2-7-16-11-10(14-17-15-11)9-4-3-6-13-8-9/h3-4,6,8H,1-2,5,7H2. The SMILES string of the molecule is ClCCCCSc1nsnc1-c1cccnc1. The summed E-state index contributed by atoms with van der Waals surface area (Å²) >= 11 is 8.63. The Hall–Kier alpha value is -0.650. The van der Waals surface area contributed by atoms with Crippen molar-refractivity contribution in [1.29, 1.82) is 0 Å². The largest absolute Gasteiger partial charge is 0.264 e. The molecule has 0 aromatic carbocycles. The number of rotatable bonds is 6. The Bertz CT molecular complexity index is 447. The Kier molecular flexibility index (Phi) is 5.22. The molecule has 0 saturated heterocycles. The molecule has 0 aliphatic heterocycles. The van der Waals surface area contributed by atoms with E-state index in [-0.39, 0.29) is 0 Å². The van der Waals surface area contributed by atoms with Gasteiger partial charge < -0.3 is 0 Å².